The highest BCUT2D eigenvalue weighted by Gasteiger charge is 2.14. The number of hydrogen-bond acceptors (Lipinski definition) is 3. The molecule has 1 unspecified atom stereocenters. The minimum Gasteiger partial charge on any atom is -0.372 e. The van der Waals surface area contributed by atoms with Gasteiger partial charge in [0, 0.05) is 30.0 Å². The lowest BCUT2D eigenvalue weighted by Gasteiger charge is -2.29. The van der Waals surface area contributed by atoms with Crippen molar-refractivity contribution in [2.75, 3.05) is 18.0 Å². The van der Waals surface area contributed by atoms with Crippen LogP contribution in [0.15, 0.2) is 54.6 Å². The van der Waals surface area contributed by atoms with Crippen LogP contribution in [0, 0.1) is 13.8 Å². The number of benzene rings is 2. The van der Waals surface area contributed by atoms with Gasteiger partial charge in [-0.1, -0.05) is 24.3 Å². The summed E-state index contributed by atoms with van der Waals surface area (Å²) in [5.74, 6) is -0.0507. The molecule has 1 amide bonds. The molecule has 0 bridgehead atoms. The van der Waals surface area contributed by atoms with Crippen molar-refractivity contribution >= 4 is 11.6 Å². The number of aromatic nitrogens is 2. The number of carbonyl (C=O) groups is 1. The average Bonchev–Trinajstić information content (AvgIpc) is 3.11. The number of hydrogen-bond donors (Lipinski definition) is 1. The first kappa shape index (κ1) is 21.2. The zero-order chi connectivity index (χ0) is 21.8. The van der Waals surface area contributed by atoms with Crippen LogP contribution in [0.25, 0.3) is 0 Å². The molecule has 31 heavy (non-hydrogen) atoms. The van der Waals surface area contributed by atoms with E-state index in [1.54, 1.807) is 0 Å². The number of anilines is 1. The smallest absolute Gasteiger partial charge is 0.251 e. The lowest BCUT2D eigenvalue weighted by Crippen LogP contribution is -2.29. The Bertz CT molecular complexity index is 1010. The SMILES string of the molecule is Cc1cc(C)n(Cc2ccc(C(=O)NC(C)c3ccc(N4CCCCC4)cc3)cc2)n1. The molecule has 1 saturated heterocycles. The second kappa shape index (κ2) is 9.38. The molecule has 5 nitrogen and oxygen atoms in total. The molecule has 4 rings (SSSR count). The normalized spacial score (nSPS) is 15.0. The molecule has 1 N–H and O–H groups in total. The summed E-state index contributed by atoms with van der Waals surface area (Å²) in [6, 6.07) is 18.4. The van der Waals surface area contributed by atoms with E-state index in [4.69, 9.17) is 0 Å². The minimum absolute atomic E-state index is 0.0442. The maximum atomic E-state index is 12.7. The Hall–Kier alpha value is -3.08. The molecule has 5 heteroatoms. The quantitative estimate of drug-likeness (QED) is 0.613. The van der Waals surface area contributed by atoms with Crippen LogP contribution >= 0.6 is 0 Å². The Morgan fingerprint density at radius 1 is 1.00 bits per heavy atom. The van der Waals surface area contributed by atoms with Crippen LogP contribution in [-0.2, 0) is 6.54 Å². The van der Waals surface area contributed by atoms with Crippen LogP contribution < -0.4 is 10.2 Å². The molecular formula is C26H32N4O. The number of carbonyl (C=O) groups excluding carboxylic acids is 1. The highest BCUT2D eigenvalue weighted by Crippen LogP contribution is 2.22. The van der Waals surface area contributed by atoms with E-state index in [2.05, 4.69) is 52.6 Å². The van der Waals surface area contributed by atoms with Gasteiger partial charge in [-0.25, -0.2) is 0 Å². The van der Waals surface area contributed by atoms with Gasteiger partial charge in [0.05, 0.1) is 18.3 Å². The van der Waals surface area contributed by atoms with E-state index in [0.29, 0.717) is 12.1 Å². The van der Waals surface area contributed by atoms with Crippen LogP contribution in [0.4, 0.5) is 5.69 Å². The maximum Gasteiger partial charge on any atom is 0.251 e. The maximum absolute atomic E-state index is 12.7. The zero-order valence-electron chi connectivity index (χ0n) is 18.8. The molecule has 1 atom stereocenters. The van der Waals surface area contributed by atoms with E-state index in [1.807, 2.05) is 42.8 Å². The molecule has 162 valence electrons. The summed E-state index contributed by atoms with van der Waals surface area (Å²) in [6.45, 7) is 9.08. The van der Waals surface area contributed by atoms with Crippen molar-refractivity contribution in [1.29, 1.82) is 0 Å². The number of piperidine rings is 1. The Kier molecular flexibility index (Phi) is 6.40. The first-order chi connectivity index (χ1) is 15.0. The first-order valence-electron chi connectivity index (χ1n) is 11.3. The largest absolute Gasteiger partial charge is 0.372 e. The Morgan fingerprint density at radius 2 is 1.68 bits per heavy atom. The number of amides is 1. The number of aryl methyl sites for hydroxylation is 2. The highest BCUT2D eigenvalue weighted by molar-refractivity contribution is 5.94. The predicted octanol–water partition coefficient (Wildman–Crippen LogP) is 5.03. The van der Waals surface area contributed by atoms with Gasteiger partial charge in [0.15, 0.2) is 0 Å². The molecule has 3 aromatic rings. The molecule has 1 fully saturated rings. The van der Waals surface area contributed by atoms with Crippen LogP contribution in [0.2, 0.25) is 0 Å². The summed E-state index contributed by atoms with van der Waals surface area (Å²) in [5, 5.41) is 7.63. The van der Waals surface area contributed by atoms with Gasteiger partial charge in [-0.15, -0.1) is 0 Å². The second-order valence-corrected chi connectivity index (χ2v) is 8.62. The first-order valence-corrected chi connectivity index (χ1v) is 11.3. The van der Waals surface area contributed by atoms with Gasteiger partial charge in [-0.05, 0) is 81.5 Å². The van der Waals surface area contributed by atoms with Gasteiger partial charge in [0.1, 0.15) is 0 Å². The van der Waals surface area contributed by atoms with Gasteiger partial charge >= 0.3 is 0 Å². The van der Waals surface area contributed by atoms with Gasteiger partial charge < -0.3 is 10.2 Å². The highest BCUT2D eigenvalue weighted by atomic mass is 16.1. The summed E-state index contributed by atoms with van der Waals surface area (Å²) in [6.07, 6.45) is 3.88. The summed E-state index contributed by atoms with van der Waals surface area (Å²) in [7, 11) is 0. The molecule has 1 aliphatic heterocycles. The van der Waals surface area contributed by atoms with Crippen molar-refractivity contribution in [3.05, 3.63) is 82.7 Å². The van der Waals surface area contributed by atoms with Crippen LogP contribution in [-0.4, -0.2) is 28.8 Å². The number of rotatable bonds is 6. The molecule has 0 radical (unpaired) electrons. The van der Waals surface area contributed by atoms with Gasteiger partial charge in [-0.2, -0.15) is 5.10 Å². The molecule has 0 saturated carbocycles. The van der Waals surface area contributed by atoms with E-state index in [0.717, 1.165) is 35.6 Å². The Labute approximate surface area is 185 Å². The van der Waals surface area contributed by atoms with E-state index in [-0.39, 0.29) is 11.9 Å². The molecule has 1 aliphatic rings. The van der Waals surface area contributed by atoms with E-state index < -0.39 is 0 Å². The molecular weight excluding hydrogens is 384 g/mol. The summed E-state index contributed by atoms with van der Waals surface area (Å²) in [4.78, 5) is 15.2. The Morgan fingerprint density at radius 3 is 2.29 bits per heavy atom. The average molecular weight is 417 g/mol. The standard InChI is InChI=1S/C26H32N4O/c1-19-17-20(2)30(28-19)18-22-7-9-24(10-8-22)26(31)27-21(3)23-11-13-25(14-12-23)29-15-5-4-6-16-29/h7-14,17,21H,4-6,15-16,18H2,1-3H3,(H,27,31). The van der Waals surface area contributed by atoms with Gasteiger partial charge in [0.2, 0.25) is 0 Å². The van der Waals surface area contributed by atoms with Crippen molar-refractivity contribution < 1.29 is 4.79 Å². The molecule has 0 spiro atoms. The summed E-state index contributed by atoms with van der Waals surface area (Å²) < 4.78 is 1.99. The molecule has 2 aromatic carbocycles. The third-order valence-electron chi connectivity index (χ3n) is 6.11. The molecule has 2 heterocycles. The lowest BCUT2D eigenvalue weighted by atomic mass is 10.1. The molecule has 0 aliphatic carbocycles. The fraction of sp³-hybridized carbons (Fsp3) is 0.385. The predicted molar refractivity (Wildman–Crippen MR) is 126 cm³/mol. The van der Waals surface area contributed by atoms with Crippen LogP contribution in [0.5, 0.6) is 0 Å². The third-order valence-corrected chi connectivity index (χ3v) is 6.11. The minimum atomic E-state index is -0.0507. The fourth-order valence-electron chi connectivity index (χ4n) is 4.26. The summed E-state index contributed by atoms with van der Waals surface area (Å²) in [5.41, 5.74) is 6.36. The molecule has 1 aromatic heterocycles. The van der Waals surface area contributed by atoms with Crippen LogP contribution in [0.3, 0.4) is 0 Å². The number of nitrogens with zero attached hydrogens (tertiary/aromatic N) is 3. The lowest BCUT2D eigenvalue weighted by molar-refractivity contribution is 0.0940. The van der Waals surface area contributed by atoms with E-state index >= 15 is 0 Å². The monoisotopic (exact) mass is 416 g/mol. The van der Waals surface area contributed by atoms with E-state index in [1.165, 1.54) is 24.9 Å². The van der Waals surface area contributed by atoms with Gasteiger partial charge in [0.25, 0.3) is 5.91 Å². The Balaban J connectivity index is 1.35. The topological polar surface area (TPSA) is 50.2 Å². The van der Waals surface area contributed by atoms with Crippen molar-refractivity contribution in [3.63, 3.8) is 0 Å². The van der Waals surface area contributed by atoms with Crippen molar-refractivity contribution in [2.45, 2.75) is 52.6 Å². The zero-order valence-corrected chi connectivity index (χ0v) is 18.8. The van der Waals surface area contributed by atoms with Crippen molar-refractivity contribution in [2.24, 2.45) is 0 Å². The second-order valence-electron chi connectivity index (χ2n) is 8.62. The number of nitrogens with one attached hydrogen (secondary N) is 1. The van der Waals surface area contributed by atoms with Crippen molar-refractivity contribution in [3.8, 4) is 0 Å². The fourth-order valence-corrected chi connectivity index (χ4v) is 4.26. The summed E-state index contributed by atoms with van der Waals surface area (Å²) >= 11 is 0. The third kappa shape index (κ3) is 5.16. The van der Waals surface area contributed by atoms with Gasteiger partial charge in [-0.3, -0.25) is 9.48 Å². The van der Waals surface area contributed by atoms with Crippen LogP contribution in [0.1, 0.15) is 65.1 Å². The van der Waals surface area contributed by atoms with Crippen molar-refractivity contribution in [1.82, 2.24) is 15.1 Å². The van der Waals surface area contributed by atoms with E-state index in [9.17, 15) is 4.79 Å².